The van der Waals surface area contributed by atoms with Crippen LogP contribution in [0.2, 0.25) is 0 Å². The Morgan fingerprint density at radius 3 is 0.817 bits per heavy atom. The molecular weight excluding hydrogens is 759 g/mol. The predicted octanol–water partition coefficient (Wildman–Crippen LogP) is 14.7. The van der Waals surface area contributed by atoms with E-state index in [0.717, 1.165) is 0 Å². The van der Waals surface area contributed by atoms with E-state index in [-0.39, 0.29) is 0 Å². The van der Waals surface area contributed by atoms with E-state index in [1.807, 2.05) is 0 Å². The Labute approximate surface area is 359 Å². The van der Waals surface area contributed by atoms with Crippen LogP contribution in [0.1, 0.15) is 57.1 Å². The Kier molecular flexibility index (Phi) is 11.2. The molecule has 2 saturated heterocycles. The smallest absolute Gasteiger partial charge is 0.00473 e. The van der Waals surface area contributed by atoms with Gasteiger partial charge < -0.3 is 0 Å². The summed E-state index contributed by atoms with van der Waals surface area (Å²) in [4.78, 5) is 0. The van der Waals surface area contributed by atoms with Crippen LogP contribution in [0.4, 0.5) is 0 Å². The second kappa shape index (κ2) is 17.3. The molecule has 0 saturated carbocycles. The minimum Gasteiger partial charge on any atom is -0.0727 e. The lowest BCUT2D eigenvalue weighted by atomic mass is 9.84. The fraction of sp³-hybridized carbons (Fsp3) is 0.172. The van der Waals surface area contributed by atoms with Gasteiger partial charge in [0.1, 0.15) is 0 Å². The highest BCUT2D eigenvalue weighted by molar-refractivity contribution is 7.67. The van der Waals surface area contributed by atoms with Gasteiger partial charge in [-0.2, -0.15) is 0 Å². The van der Waals surface area contributed by atoms with E-state index in [9.17, 15) is 0 Å². The first-order valence-electron chi connectivity index (χ1n) is 21.7. The fourth-order valence-electron chi connectivity index (χ4n) is 10.5. The maximum Gasteiger partial charge on any atom is -0.00473 e. The maximum atomic E-state index is 2.47. The molecule has 0 radical (unpaired) electrons. The van der Waals surface area contributed by atoms with Crippen molar-refractivity contribution in [2.75, 3.05) is 24.6 Å². The first-order valence-corrected chi connectivity index (χ1v) is 25.1. The van der Waals surface area contributed by atoms with Gasteiger partial charge in [-0.05, 0) is 140 Å². The van der Waals surface area contributed by atoms with E-state index in [4.69, 9.17) is 0 Å². The highest BCUT2D eigenvalue weighted by Crippen LogP contribution is 2.61. The molecule has 8 aromatic carbocycles. The average molecular weight is 811 g/mol. The van der Waals surface area contributed by atoms with Crippen molar-refractivity contribution in [3.63, 3.8) is 0 Å². The second-order valence-corrected chi connectivity index (χ2v) is 21.4. The van der Waals surface area contributed by atoms with Crippen LogP contribution in [-0.4, -0.2) is 24.6 Å². The molecule has 0 aliphatic carbocycles. The molecule has 4 atom stereocenters. The molecule has 2 aliphatic rings. The molecule has 0 nitrogen and oxygen atoms in total. The van der Waals surface area contributed by atoms with Gasteiger partial charge in [0.05, 0.1) is 0 Å². The lowest BCUT2D eigenvalue weighted by Crippen LogP contribution is -2.20. The van der Waals surface area contributed by atoms with Gasteiger partial charge in [-0.3, -0.25) is 0 Å². The topological polar surface area (TPSA) is 0 Å². The SMILES string of the molecule is Cc1ccc(-c2ccccc2)c(P2C[C@@H](c3ccccc3)[C@H](c3ccccc3)C2)c1-c1c(C)ccc(-c2ccccc2)c1P1C[C@@H](c2ccccc2)[C@H](c2ccccc2)C1. The quantitative estimate of drug-likeness (QED) is 0.127. The third-order valence-corrected chi connectivity index (χ3v) is 18.9. The van der Waals surface area contributed by atoms with Crippen LogP contribution in [0.5, 0.6) is 0 Å². The summed E-state index contributed by atoms with van der Waals surface area (Å²) in [6.07, 6.45) is 4.73. The third-order valence-electron chi connectivity index (χ3n) is 13.4. The number of hydrogen-bond acceptors (Lipinski definition) is 0. The van der Waals surface area contributed by atoms with Gasteiger partial charge in [-0.25, -0.2) is 0 Å². The van der Waals surface area contributed by atoms with Gasteiger partial charge in [0.15, 0.2) is 0 Å². The van der Waals surface area contributed by atoms with Crippen LogP contribution in [0, 0.1) is 13.8 Å². The van der Waals surface area contributed by atoms with Crippen molar-refractivity contribution >= 4 is 26.5 Å². The standard InChI is InChI=1S/C58H52P2/c1-41-33-35-49(43-21-9-3-10-22-43)57(59-37-51(45-25-13-5-14-26-45)52(38-59)46-27-15-6-16-28-46)55(41)56-42(2)34-36-50(44-23-11-4-12-24-44)58(56)60-39-53(47-29-17-7-18-30-47)54(40-60)48-31-19-8-20-32-48/h3-36,51-54H,37-40H2,1-2H3/t51-,52-,53-,54-/m0/s1. The Balaban J connectivity index is 1.21. The largest absolute Gasteiger partial charge is 0.0727 e. The van der Waals surface area contributed by atoms with E-state index in [1.165, 1.54) is 91.4 Å². The van der Waals surface area contributed by atoms with Gasteiger partial charge in [-0.1, -0.05) is 222 Å². The molecule has 2 heterocycles. The summed E-state index contributed by atoms with van der Waals surface area (Å²) >= 11 is 0. The van der Waals surface area contributed by atoms with Crippen LogP contribution in [-0.2, 0) is 0 Å². The molecule has 10 rings (SSSR count). The minimum absolute atomic E-state index is 0.463. The number of benzene rings is 8. The molecule has 2 fully saturated rings. The van der Waals surface area contributed by atoms with Crippen LogP contribution in [0.3, 0.4) is 0 Å². The summed E-state index contributed by atoms with van der Waals surface area (Å²) in [6.45, 7) is 4.81. The second-order valence-electron chi connectivity index (χ2n) is 16.9. The molecular formula is C58H52P2. The maximum absolute atomic E-state index is 2.47. The van der Waals surface area contributed by atoms with E-state index < -0.39 is 15.8 Å². The van der Waals surface area contributed by atoms with Crippen LogP contribution < -0.4 is 10.6 Å². The summed E-state index contributed by atoms with van der Waals surface area (Å²) in [7, 11) is -1.11. The van der Waals surface area contributed by atoms with Crippen molar-refractivity contribution in [3.8, 4) is 33.4 Å². The normalized spacial score (nSPS) is 19.4. The van der Waals surface area contributed by atoms with E-state index in [1.54, 1.807) is 10.6 Å². The van der Waals surface area contributed by atoms with Crippen molar-refractivity contribution in [1.82, 2.24) is 0 Å². The molecule has 2 aliphatic heterocycles. The Morgan fingerprint density at radius 1 is 0.300 bits per heavy atom. The molecule has 0 N–H and O–H groups in total. The Hall–Kier alpha value is -5.38. The lowest BCUT2D eigenvalue weighted by Gasteiger charge is -2.29. The average Bonchev–Trinajstić information content (AvgIpc) is 3.97. The monoisotopic (exact) mass is 810 g/mol. The summed E-state index contributed by atoms with van der Waals surface area (Å²) in [6, 6.07) is 78.1. The van der Waals surface area contributed by atoms with Gasteiger partial charge in [0.2, 0.25) is 0 Å². The molecule has 8 aromatic rings. The summed E-state index contributed by atoms with van der Waals surface area (Å²) < 4.78 is 0. The van der Waals surface area contributed by atoms with Crippen molar-refractivity contribution < 1.29 is 0 Å². The zero-order valence-electron chi connectivity index (χ0n) is 34.7. The van der Waals surface area contributed by atoms with E-state index >= 15 is 0 Å². The highest BCUT2D eigenvalue weighted by atomic mass is 31.1. The molecule has 0 unspecified atom stereocenters. The first-order chi connectivity index (χ1) is 29.6. The molecule has 0 bridgehead atoms. The van der Waals surface area contributed by atoms with Crippen molar-refractivity contribution in [3.05, 3.63) is 240 Å². The number of rotatable bonds is 9. The fourth-order valence-corrected chi connectivity index (χ4v) is 17.6. The third kappa shape index (κ3) is 7.51. The molecule has 2 heteroatoms. The van der Waals surface area contributed by atoms with Gasteiger partial charge in [0, 0.05) is 0 Å². The molecule has 0 aromatic heterocycles. The van der Waals surface area contributed by atoms with Crippen LogP contribution in [0.25, 0.3) is 33.4 Å². The number of hydrogen-bond donors (Lipinski definition) is 0. The Morgan fingerprint density at radius 2 is 0.550 bits per heavy atom. The zero-order valence-corrected chi connectivity index (χ0v) is 36.5. The number of aryl methyl sites for hydroxylation is 2. The molecule has 0 spiro atoms. The predicted molar refractivity (Wildman–Crippen MR) is 262 cm³/mol. The van der Waals surface area contributed by atoms with Crippen LogP contribution in [0.15, 0.2) is 206 Å². The highest BCUT2D eigenvalue weighted by Gasteiger charge is 2.42. The molecule has 0 amide bonds. The molecule has 60 heavy (non-hydrogen) atoms. The summed E-state index contributed by atoms with van der Waals surface area (Å²) in [5.41, 5.74) is 17.2. The van der Waals surface area contributed by atoms with E-state index in [2.05, 4.69) is 220 Å². The minimum atomic E-state index is -0.555. The lowest BCUT2D eigenvalue weighted by molar-refractivity contribution is 0.666. The Bertz CT molecular complexity index is 2390. The van der Waals surface area contributed by atoms with Gasteiger partial charge >= 0.3 is 0 Å². The van der Waals surface area contributed by atoms with Gasteiger partial charge in [0.25, 0.3) is 0 Å². The van der Waals surface area contributed by atoms with E-state index in [0.29, 0.717) is 23.7 Å². The van der Waals surface area contributed by atoms with Gasteiger partial charge in [-0.15, -0.1) is 0 Å². The van der Waals surface area contributed by atoms with Crippen molar-refractivity contribution in [2.24, 2.45) is 0 Å². The summed E-state index contributed by atoms with van der Waals surface area (Å²) in [5, 5.41) is 3.22. The first kappa shape index (κ1) is 38.8. The van der Waals surface area contributed by atoms with Crippen LogP contribution >= 0.6 is 15.8 Å². The molecule has 294 valence electrons. The van der Waals surface area contributed by atoms with Crippen molar-refractivity contribution in [1.29, 1.82) is 0 Å². The zero-order chi connectivity index (χ0) is 40.4. The summed E-state index contributed by atoms with van der Waals surface area (Å²) in [5.74, 6) is 1.85. The van der Waals surface area contributed by atoms with Crippen molar-refractivity contribution in [2.45, 2.75) is 37.5 Å².